The number of nitrogens with zero attached hydrogens (tertiary/aromatic N) is 3. The molecule has 0 aliphatic carbocycles. The van der Waals surface area contributed by atoms with Crippen LogP contribution >= 0.6 is 34.2 Å². The lowest BCUT2D eigenvalue weighted by Crippen LogP contribution is -2.47. The minimum atomic E-state index is -4.39. The van der Waals surface area contributed by atoms with Crippen molar-refractivity contribution in [2.75, 3.05) is 32.8 Å². The third-order valence-electron chi connectivity index (χ3n) is 8.86. The monoisotopic (exact) mass is 867 g/mol. The Morgan fingerprint density at radius 2 is 1.52 bits per heavy atom. The highest BCUT2D eigenvalue weighted by atomic mass is 127. The molecule has 0 radical (unpaired) electrons. The fraction of sp³-hybridized carbons (Fsp3) is 0.238. The first-order valence-corrected chi connectivity index (χ1v) is 18.8. The number of aromatic nitrogens is 1. The van der Waals surface area contributed by atoms with Crippen LogP contribution in [0.1, 0.15) is 33.4 Å². The number of halogens is 5. The van der Waals surface area contributed by atoms with Crippen LogP contribution in [-0.4, -0.2) is 53.5 Å². The molecule has 1 fully saturated rings. The maximum atomic E-state index is 13.0. The van der Waals surface area contributed by atoms with E-state index in [0.29, 0.717) is 41.8 Å². The second-order valence-electron chi connectivity index (χ2n) is 12.9. The number of ether oxygens (including phenoxy) is 3. The van der Waals surface area contributed by atoms with Crippen molar-refractivity contribution < 1.29 is 32.2 Å². The molecule has 12 heteroatoms. The fourth-order valence-electron chi connectivity index (χ4n) is 5.84. The number of alkyl halides is 3. The summed E-state index contributed by atoms with van der Waals surface area (Å²) in [7, 11) is 0. The Hall–Kier alpha value is -4.59. The number of pyridine rings is 1. The van der Waals surface area contributed by atoms with Crippen LogP contribution in [0.15, 0.2) is 109 Å². The number of carbonyl (C=O) groups excluding carboxylic acids is 1. The number of hydrogen-bond acceptors (Lipinski definition) is 6. The van der Waals surface area contributed by atoms with Crippen LogP contribution in [-0.2, 0) is 30.5 Å². The van der Waals surface area contributed by atoms with Gasteiger partial charge in [0, 0.05) is 54.9 Å². The number of carbonyl (C=O) groups is 1. The van der Waals surface area contributed by atoms with Crippen molar-refractivity contribution in [2.45, 2.75) is 32.7 Å². The Morgan fingerprint density at radius 1 is 0.852 bits per heavy atom. The lowest BCUT2D eigenvalue weighted by molar-refractivity contribution is -0.137. The van der Waals surface area contributed by atoms with E-state index in [1.54, 1.807) is 30.4 Å². The lowest BCUT2D eigenvalue weighted by Gasteiger charge is -2.34. The summed E-state index contributed by atoms with van der Waals surface area (Å²) in [5.74, 6) is 1.98. The molecule has 0 atom stereocenters. The van der Waals surface area contributed by atoms with Crippen LogP contribution < -0.4 is 14.2 Å². The summed E-state index contributed by atoms with van der Waals surface area (Å²) < 4.78 is 57.1. The van der Waals surface area contributed by atoms with Crippen molar-refractivity contribution >= 4 is 46.2 Å². The SMILES string of the molecule is Cc1cc(/C=C/C(=O)N2CCN(Cc3ccc(CCOc4ccc(I)cc4)cc3)CC2)cc(Cl)c1Oc1ccc(OCc2ccc(C(F)(F)F)cc2)cn1. The van der Waals surface area contributed by atoms with Gasteiger partial charge in [-0.3, -0.25) is 9.69 Å². The minimum absolute atomic E-state index is 0.0506. The quantitative estimate of drug-likeness (QED) is 0.0868. The molecule has 1 amide bonds. The third-order valence-corrected chi connectivity index (χ3v) is 9.86. The van der Waals surface area contributed by atoms with Crippen molar-refractivity contribution in [3.8, 4) is 23.1 Å². The molecule has 0 bridgehead atoms. The van der Waals surface area contributed by atoms with Crippen LogP contribution in [0.4, 0.5) is 13.2 Å². The van der Waals surface area contributed by atoms with Gasteiger partial charge in [-0.2, -0.15) is 13.2 Å². The standard InChI is InChI=1S/C42H38ClF3IN3O4/c1-29-24-33(25-38(43)41(29)54-39-16-15-37(26-48-39)53-28-32-6-9-34(10-7-32)42(44,45)46)8-17-40(51)50-21-19-49(20-22-50)27-31-4-2-30(3-5-31)18-23-52-36-13-11-35(47)12-14-36/h2-17,24-26H,18-23,27-28H2,1H3/b17-8+. The topological polar surface area (TPSA) is 64.1 Å². The molecule has 4 aromatic carbocycles. The smallest absolute Gasteiger partial charge is 0.416 e. The van der Waals surface area contributed by atoms with E-state index >= 15 is 0 Å². The van der Waals surface area contributed by atoms with Crippen molar-refractivity contribution in [3.63, 3.8) is 0 Å². The van der Waals surface area contributed by atoms with Crippen molar-refractivity contribution in [1.29, 1.82) is 0 Å². The van der Waals surface area contributed by atoms with Crippen LogP contribution in [0.5, 0.6) is 23.1 Å². The molecule has 0 spiro atoms. The highest BCUT2D eigenvalue weighted by Crippen LogP contribution is 2.34. The number of amides is 1. The van der Waals surface area contributed by atoms with Crippen molar-refractivity contribution in [3.05, 3.63) is 151 Å². The molecule has 5 aromatic rings. The predicted octanol–water partition coefficient (Wildman–Crippen LogP) is 10.0. The van der Waals surface area contributed by atoms with Gasteiger partial charge in [0.2, 0.25) is 11.8 Å². The largest absolute Gasteiger partial charge is 0.493 e. The summed E-state index contributed by atoms with van der Waals surface area (Å²) in [5, 5.41) is 0.364. The number of rotatable bonds is 13. The van der Waals surface area contributed by atoms with E-state index < -0.39 is 11.7 Å². The number of piperazine rings is 1. The van der Waals surface area contributed by atoms with E-state index in [4.69, 9.17) is 25.8 Å². The molecule has 0 N–H and O–H groups in total. The zero-order valence-electron chi connectivity index (χ0n) is 29.5. The Bertz CT molecular complexity index is 2010. The summed E-state index contributed by atoms with van der Waals surface area (Å²) >= 11 is 8.87. The van der Waals surface area contributed by atoms with Gasteiger partial charge in [0.25, 0.3) is 0 Å². The van der Waals surface area contributed by atoms with Gasteiger partial charge in [0.1, 0.15) is 18.1 Å². The highest BCUT2D eigenvalue weighted by molar-refractivity contribution is 14.1. The normalized spacial score (nSPS) is 13.6. The summed E-state index contributed by atoms with van der Waals surface area (Å²) in [6.45, 7) is 6.29. The summed E-state index contributed by atoms with van der Waals surface area (Å²) in [4.78, 5) is 21.5. The molecule has 2 heterocycles. The molecule has 54 heavy (non-hydrogen) atoms. The van der Waals surface area contributed by atoms with Gasteiger partial charge in [0.15, 0.2) is 5.75 Å². The zero-order chi connectivity index (χ0) is 38.1. The predicted molar refractivity (Wildman–Crippen MR) is 212 cm³/mol. The number of benzene rings is 4. The molecule has 1 aromatic heterocycles. The van der Waals surface area contributed by atoms with Crippen LogP contribution in [0, 0.1) is 10.5 Å². The van der Waals surface area contributed by atoms with Crippen LogP contribution in [0.2, 0.25) is 5.02 Å². The average Bonchev–Trinajstić information content (AvgIpc) is 3.16. The maximum absolute atomic E-state index is 13.0. The van der Waals surface area contributed by atoms with Crippen LogP contribution in [0.3, 0.4) is 0 Å². The molecule has 0 unspecified atom stereocenters. The number of hydrogen-bond donors (Lipinski definition) is 0. The molecule has 1 aliphatic heterocycles. The summed E-state index contributed by atoms with van der Waals surface area (Å²) in [6, 6.07) is 28.4. The average molecular weight is 868 g/mol. The van der Waals surface area contributed by atoms with Gasteiger partial charge in [-0.05, 0) is 118 Å². The van der Waals surface area contributed by atoms with Gasteiger partial charge in [0.05, 0.1) is 23.4 Å². The first-order chi connectivity index (χ1) is 26.0. The molecule has 1 saturated heterocycles. The van der Waals surface area contributed by atoms with E-state index in [1.165, 1.54) is 33.0 Å². The third kappa shape index (κ3) is 11.2. The van der Waals surface area contributed by atoms with E-state index in [1.807, 2.05) is 42.2 Å². The van der Waals surface area contributed by atoms with Gasteiger partial charge < -0.3 is 19.1 Å². The van der Waals surface area contributed by atoms with E-state index in [0.717, 1.165) is 55.1 Å². The second-order valence-corrected chi connectivity index (χ2v) is 14.5. The fourth-order valence-corrected chi connectivity index (χ4v) is 6.52. The van der Waals surface area contributed by atoms with E-state index in [2.05, 4.69) is 56.7 Å². The maximum Gasteiger partial charge on any atom is 0.416 e. The second kappa shape index (κ2) is 18.2. The minimum Gasteiger partial charge on any atom is -0.493 e. The van der Waals surface area contributed by atoms with Gasteiger partial charge in [-0.1, -0.05) is 48.0 Å². The Morgan fingerprint density at radius 3 is 2.17 bits per heavy atom. The molecule has 7 nitrogen and oxygen atoms in total. The molecular formula is C42H38ClF3IN3O4. The number of aryl methyl sites for hydroxylation is 1. The van der Waals surface area contributed by atoms with Gasteiger partial charge in [-0.15, -0.1) is 0 Å². The summed E-state index contributed by atoms with van der Waals surface area (Å²) in [6.07, 6.45) is 1.26. The Kier molecular flexibility index (Phi) is 13.2. The Balaban J connectivity index is 0.929. The lowest BCUT2D eigenvalue weighted by atomic mass is 10.1. The zero-order valence-corrected chi connectivity index (χ0v) is 32.4. The molecule has 1 aliphatic rings. The first kappa shape index (κ1) is 39.1. The molecule has 280 valence electrons. The van der Waals surface area contributed by atoms with E-state index in [-0.39, 0.29) is 18.4 Å². The van der Waals surface area contributed by atoms with Crippen molar-refractivity contribution in [2.24, 2.45) is 0 Å². The Labute approximate surface area is 331 Å². The molecular weight excluding hydrogens is 830 g/mol. The first-order valence-electron chi connectivity index (χ1n) is 17.4. The van der Waals surface area contributed by atoms with Crippen molar-refractivity contribution in [1.82, 2.24) is 14.8 Å². The van der Waals surface area contributed by atoms with Crippen LogP contribution in [0.25, 0.3) is 6.08 Å². The summed E-state index contributed by atoms with van der Waals surface area (Å²) in [5.41, 5.74) is 3.89. The van der Waals surface area contributed by atoms with Gasteiger partial charge >= 0.3 is 6.18 Å². The molecule has 6 rings (SSSR count). The van der Waals surface area contributed by atoms with E-state index in [9.17, 15) is 18.0 Å². The highest BCUT2D eigenvalue weighted by Gasteiger charge is 2.30. The molecule has 0 saturated carbocycles. The van der Waals surface area contributed by atoms with Gasteiger partial charge in [-0.25, -0.2) is 4.98 Å².